The summed E-state index contributed by atoms with van der Waals surface area (Å²) < 4.78 is 7.46. The van der Waals surface area contributed by atoms with E-state index in [2.05, 4.69) is 20.4 Å². The van der Waals surface area contributed by atoms with Crippen LogP contribution in [0.15, 0.2) is 0 Å². The van der Waals surface area contributed by atoms with Crippen molar-refractivity contribution in [3.63, 3.8) is 0 Å². The van der Waals surface area contributed by atoms with Crippen molar-refractivity contribution >= 4 is 0 Å². The minimum Gasteiger partial charge on any atom is -0.379 e. The van der Waals surface area contributed by atoms with E-state index in [4.69, 9.17) is 4.74 Å². The van der Waals surface area contributed by atoms with Crippen LogP contribution < -0.4 is 5.32 Å². The molecule has 0 aromatic carbocycles. The Bertz CT molecular complexity index is 324. The average Bonchev–Trinajstić information content (AvgIpc) is 2.59. The van der Waals surface area contributed by atoms with Gasteiger partial charge in [0.25, 0.3) is 0 Å². The molecule has 6 nitrogen and oxygen atoms in total. The molecular formula is C11H23N5O. The number of likely N-dealkylation sites (N-methyl/N-ethyl adjacent to an activating group) is 1. The van der Waals surface area contributed by atoms with E-state index in [1.807, 2.05) is 32.6 Å². The number of hydrogen-bond acceptors (Lipinski definition) is 5. The molecule has 0 bridgehead atoms. The van der Waals surface area contributed by atoms with Gasteiger partial charge in [-0.05, 0) is 21.0 Å². The summed E-state index contributed by atoms with van der Waals surface area (Å²) in [6.07, 6.45) is 0. The molecule has 0 radical (unpaired) electrons. The zero-order valence-electron chi connectivity index (χ0n) is 11.2. The van der Waals surface area contributed by atoms with Crippen molar-refractivity contribution in [2.24, 2.45) is 7.05 Å². The normalized spacial score (nSPS) is 11.4. The third-order valence-corrected chi connectivity index (χ3v) is 2.57. The average molecular weight is 241 g/mol. The first kappa shape index (κ1) is 14.1. The van der Waals surface area contributed by atoms with Crippen molar-refractivity contribution in [2.75, 3.05) is 40.4 Å². The lowest BCUT2D eigenvalue weighted by atomic mass is 10.5. The zero-order chi connectivity index (χ0) is 12.7. The van der Waals surface area contributed by atoms with Crippen molar-refractivity contribution in [3.05, 3.63) is 11.6 Å². The van der Waals surface area contributed by atoms with Gasteiger partial charge in [-0.1, -0.05) is 0 Å². The first-order chi connectivity index (χ1) is 8.11. The van der Waals surface area contributed by atoms with Crippen LogP contribution in [0.25, 0.3) is 0 Å². The van der Waals surface area contributed by atoms with Gasteiger partial charge in [0, 0.05) is 20.1 Å². The topological polar surface area (TPSA) is 55.2 Å². The van der Waals surface area contributed by atoms with Gasteiger partial charge >= 0.3 is 0 Å². The van der Waals surface area contributed by atoms with E-state index in [1.165, 1.54) is 0 Å². The van der Waals surface area contributed by atoms with Gasteiger partial charge in [0.2, 0.25) is 0 Å². The maximum Gasteiger partial charge on any atom is 0.146 e. The molecular weight excluding hydrogens is 218 g/mol. The molecule has 0 saturated heterocycles. The number of aryl methyl sites for hydroxylation is 1. The molecule has 0 amide bonds. The quantitative estimate of drug-likeness (QED) is 0.638. The molecule has 1 N–H and O–H groups in total. The number of rotatable bonds is 8. The fourth-order valence-corrected chi connectivity index (χ4v) is 1.30. The first-order valence-corrected chi connectivity index (χ1v) is 5.89. The highest BCUT2D eigenvalue weighted by Crippen LogP contribution is 1.95. The van der Waals surface area contributed by atoms with Crippen LogP contribution in [-0.4, -0.2) is 60.1 Å². The second kappa shape index (κ2) is 7.37. The Labute approximate surface area is 103 Å². The van der Waals surface area contributed by atoms with Crippen LogP contribution >= 0.6 is 0 Å². The number of hydrogen-bond donors (Lipinski definition) is 1. The van der Waals surface area contributed by atoms with E-state index in [9.17, 15) is 0 Å². The Hall–Kier alpha value is -0.980. The smallest absolute Gasteiger partial charge is 0.146 e. The molecule has 1 rings (SSSR count). The second-order valence-electron chi connectivity index (χ2n) is 4.31. The summed E-state index contributed by atoms with van der Waals surface area (Å²) in [7, 11) is 6.05. The molecule has 0 aliphatic heterocycles. The Kier molecular flexibility index (Phi) is 6.10. The Morgan fingerprint density at radius 3 is 2.65 bits per heavy atom. The standard InChI is InChI=1S/C11H23N5O/c1-10-13-14-11(16(10)4)9-12-5-7-17-8-6-15(2)3/h12H,5-9H2,1-4H3. The van der Waals surface area contributed by atoms with Crippen LogP contribution in [0.3, 0.4) is 0 Å². The lowest BCUT2D eigenvalue weighted by Crippen LogP contribution is -2.24. The van der Waals surface area contributed by atoms with Crippen LogP contribution in [0.1, 0.15) is 11.6 Å². The van der Waals surface area contributed by atoms with Gasteiger partial charge < -0.3 is 19.5 Å². The Morgan fingerprint density at radius 1 is 1.29 bits per heavy atom. The van der Waals surface area contributed by atoms with E-state index < -0.39 is 0 Å². The van der Waals surface area contributed by atoms with Crippen LogP contribution in [0.2, 0.25) is 0 Å². The fraction of sp³-hybridized carbons (Fsp3) is 0.818. The monoisotopic (exact) mass is 241 g/mol. The van der Waals surface area contributed by atoms with E-state index in [0.29, 0.717) is 0 Å². The molecule has 0 saturated carbocycles. The molecule has 1 heterocycles. The van der Waals surface area contributed by atoms with Crippen LogP contribution in [0.4, 0.5) is 0 Å². The van der Waals surface area contributed by atoms with Crippen LogP contribution in [-0.2, 0) is 18.3 Å². The summed E-state index contributed by atoms with van der Waals surface area (Å²) >= 11 is 0. The minimum absolute atomic E-state index is 0.727. The molecule has 0 spiro atoms. The summed E-state index contributed by atoms with van der Waals surface area (Å²) in [5.41, 5.74) is 0. The molecule has 17 heavy (non-hydrogen) atoms. The molecule has 0 fully saturated rings. The van der Waals surface area contributed by atoms with Crippen molar-refractivity contribution in [2.45, 2.75) is 13.5 Å². The predicted octanol–water partition coefficient (Wildman–Crippen LogP) is -0.209. The van der Waals surface area contributed by atoms with Crippen molar-refractivity contribution in [3.8, 4) is 0 Å². The highest BCUT2D eigenvalue weighted by Gasteiger charge is 2.03. The highest BCUT2D eigenvalue weighted by atomic mass is 16.5. The van der Waals surface area contributed by atoms with Gasteiger partial charge in [-0.25, -0.2) is 0 Å². The van der Waals surface area contributed by atoms with Gasteiger partial charge in [0.1, 0.15) is 11.6 Å². The number of ether oxygens (including phenoxy) is 1. The molecule has 1 aromatic rings. The molecule has 0 unspecified atom stereocenters. The summed E-state index contributed by atoms with van der Waals surface area (Å²) in [6.45, 7) is 5.97. The van der Waals surface area contributed by atoms with Crippen molar-refractivity contribution in [1.82, 2.24) is 25.0 Å². The number of aromatic nitrogens is 3. The van der Waals surface area contributed by atoms with E-state index in [0.717, 1.165) is 44.5 Å². The summed E-state index contributed by atoms with van der Waals surface area (Å²) in [5.74, 6) is 1.89. The summed E-state index contributed by atoms with van der Waals surface area (Å²) in [4.78, 5) is 2.11. The largest absolute Gasteiger partial charge is 0.379 e. The fourth-order valence-electron chi connectivity index (χ4n) is 1.30. The first-order valence-electron chi connectivity index (χ1n) is 5.89. The maximum absolute atomic E-state index is 5.47. The lowest BCUT2D eigenvalue weighted by molar-refractivity contribution is 0.119. The van der Waals surface area contributed by atoms with E-state index in [1.54, 1.807) is 0 Å². The molecule has 1 aromatic heterocycles. The van der Waals surface area contributed by atoms with Crippen molar-refractivity contribution < 1.29 is 4.74 Å². The number of nitrogens with zero attached hydrogens (tertiary/aromatic N) is 4. The third kappa shape index (κ3) is 5.25. The molecule has 0 atom stereocenters. The van der Waals surface area contributed by atoms with Crippen LogP contribution in [0, 0.1) is 6.92 Å². The van der Waals surface area contributed by atoms with Gasteiger partial charge in [-0.3, -0.25) is 0 Å². The lowest BCUT2D eigenvalue weighted by Gasteiger charge is -2.10. The molecule has 0 aliphatic rings. The molecule has 98 valence electrons. The molecule has 0 aliphatic carbocycles. The Morgan fingerprint density at radius 2 is 2.06 bits per heavy atom. The van der Waals surface area contributed by atoms with Crippen LogP contribution in [0.5, 0.6) is 0 Å². The highest BCUT2D eigenvalue weighted by molar-refractivity contribution is 4.91. The maximum atomic E-state index is 5.47. The third-order valence-electron chi connectivity index (χ3n) is 2.57. The van der Waals surface area contributed by atoms with Gasteiger partial charge in [0.15, 0.2) is 0 Å². The second-order valence-corrected chi connectivity index (χ2v) is 4.31. The summed E-state index contributed by atoms with van der Waals surface area (Å²) in [5, 5.41) is 11.4. The Balaban J connectivity index is 2.03. The van der Waals surface area contributed by atoms with Gasteiger partial charge in [-0.2, -0.15) is 0 Å². The number of nitrogens with one attached hydrogen (secondary N) is 1. The van der Waals surface area contributed by atoms with Gasteiger partial charge in [-0.15, -0.1) is 10.2 Å². The minimum atomic E-state index is 0.727. The predicted molar refractivity (Wildman–Crippen MR) is 66.8 cm³/mol. The molecule has 6 heteroatoms. The van der Waals surface area contributed by atoms with Crippen molar-refractivity contribution in [1.29, 1.82) is 0 Å². The van der Waals surface area contributed by atoms with E-state index in [-0.39, 0.29) is 0 Å². The SMILES string of the molecule is Cc1nnc(CNCCOCCN(C)C)n1C. The zero-order valence-corrected chi connectivity index (χ0v) is 11.2. The summed E-state index contributed by atoms with van der Waals surface area (Å²) in [6, 6.07) is 0. The van der Waals surface area contributed by atoms with E-state index >= 15 is 0 Å². The van der Waals surface area contributed by atoms with Gasteiger partial charge in [0.05, 0.1) is 19.8 Å².